The zero-order chi connectivity index (χ0) is 13.7. The minimum Gasteiger partial charge on any atom is -0.372 e. The van der Waals surface area contributed by atoms with E-state index < -0.39 is 10.1 Å². The van der Waals surface area contributed by atoms with E-state index in [0.717, 1.165) is 18.4 Å². The molecule has 1 aromatic carbocycles. The van der Waals surface area contributed by atoms with Crippen LogP contribution in [0.3, 0.4) is 0 Å². The van der Waals surface area contributed by atoms with E-state index >= 15 is 0 Å². The molecule has 1 aliphatic carbocycles. The topological polar surface area (TPSA) is 52.6 Å². The van der Waals surface area contributed by atoms with Crippen LogP contribution in [0.15, 0.2) is 29.2 Å². The van der Waals surface area contributed by atoms with E-state index in [2.05, 4.69) is 6.92 Å². The molecule has 2 aliphatic heterocycles. The molecule has 104 valence electrons. The predicted octanol–water partition coefficient (Wildman–Crippen LogP) is 2.27. The summed E-state index contributed by atoms with van der Waals surface area (Å²) in [7, 11) is -3.68. The van der Waals surface area contributed by atoms with Crippen LogP contribution in [0.4, 0.5) is 0 Å². The average Bonchev–Trinajstić information content (AvgIpc) is 2.81. The highest BCUT2D eigenvalue weighted by Gasteiger charge is 2.60. The summed E-state index contributed by atoms with van der Waals surface area (Å²) < 4.78 is 35.0. The molecule has 5 heteroatoms. The second-order valence-electron chi connectivity index (χ2n) is 6.17. The van der Waals surface area contributed by atoms with E-state index in [0.29, 0.717) is 6.61 Å². The first-order valence-electron chi connectivity index (χ1n) is 6.43. The zero-order valence-corrected chi connectivity index (χ0v) is 12.0. The summed E-state index contributed by atoms with van der Waals surface area (Å²) in [6.45, 7) is 4.91. The Morgan fingerprint density at radius 2 is 1.89 bits per heavy atom. The third-order valence-corrected chi connectivity index (χ3v) is 5.29. The smallest absolute Gasteiger partial charge is 0.297 e. The number of hydrogen-bond donors (Lipinski definition) is 0. The van der Waals surface area contributed by atoms with Crippen LogP contribution in [0.1, 0.15) is 25.3 Å². The molecule has 2 heterocycles. The fourth-order valence-electron chi connectivity index (χ4n) is 3.14. The number of fused-ring (bicyclic) bond motifs is 1. The summed E-state index contributed by atoms with van der Waals surface area (Å²) in [6, 6.07) is 6.67. The maximum atomic E-state index is 12.1. The first-order chi connectivity index (χ1) is 8.83. The first-order valence-corrected chi connectivity index (χ1v) is 7.84. The van der Waals surface area contributed by atoms with Crippen LogP contribution in [-0.4, -0.2) is 27.2 Å². The fourth-order valence-corrected chi connectivity index (χ4v) is 4.11. The zero-order valence-electron chi connectivity index (χ0n) is 11.2. The molecule has 0 atom stereocenters. The highest BCUT2D eigenvalue weighted by atomic mass is 32.2. The van der Waals surface area contributed by atoms with Crippen molar-refractivity contribution in [3.05, 3.63) is 29.8 Å². The van der Waals surface area contributed by atoms with Gasteiger partial charge >= 0.3 is 0 Å². The summed E-state index contributed by atoms with van der Waals surface area (Å²) in [5.41, 5.74) is 0.884. The van der Waals surface area contributed by atoms with Gasteiger partial charge in [-0.3, -0.25) is 4.18 Å². The summed E-state index contributed by atoms with van der Waals surface area (Å²) in [6.07, 6.45) is 1.78. The largest absolute Gasteiger partial charge is 0.372 e. The van der Waals surface area contributed by atoms with Crippen molar-refractivity contribution < 1.29 is 17.3 Å². The molecular weight excluding hydrogens is 264 g/mol. The number of benzene rings is 1. The minimum absolute atomic E-state index is 0.124. The third-order valence-electron chi connectivity index (χ3n) is 4.01. The van der Waals surface area contributed by atoms with Gasteiger partial charge in [-0.05, 0) is 37.3 Å². The maximum absolute atomic E-state index is 12.1. The highest BCUT2D eigenvalue weighted by molar-refractivity contribution is 7.86. The van der Waals surface area contributed by atoms with Crippen molar-refractivity contribution in [2.45, 2.75) is 37.2 Å². The number of ether oxygens (including phenoxy) is 1. The molecule has 2 bridgehead atoms. The molecule has 3 aliphatic rings. The molecule has 0 N–H and O–H groups in total. The molecule has 4 rings (SSSR count). The van der Waals surface area contributed by atoms with Gasteiger partial charge in [0.05, 0.1) is 23.7 Å². The van der Waals surface area contributed by atoms with Crippen LogP contribution in [0, 0.1) is 12.3 Å². The Kier molecular flexibility index (Phi) is 2.78. The van der Waals surface area contributed by atoms with E-state index in [4.69, 9.17) is 8.92 Å². The second-order valence-corrected chi connectivity index (χ2v) is 7.78. The van der Waals surface area contributed by atoms with Gasteiger partial charge < -0.3 is 4.74 Å². The van der Waals surface area contributed by atoms with Gasteiger partial charge in [-0.25, -0.2) is 0 Å². The molecule has 3 fully saturated rings. The lowest BCUT2D eigenvalue weighted by Gasteiger charge is -2.41. The van der Waals surface area contributed by atoms with Crippen molar-refractivity contribution in [1.29, 1.82) is 0 Å². The standard InChI is InChI=1S/C14H18O4S/c1-11-3-5-12(6-4-11)19(15,16)18-10-14-7-13(2,8-14)9-17-14/h3-6H,7-10H2,1-2H3. The quantitative estimate of drug-likeness (QED) is 0.795. The van der Waals surface area contributed by atoms with Gasteiger partial charge in [-0.2, -0.15) is 8.42 Å². The Balaban J connectivity index is 1.68. The van der Waals surface area contributed by atoms with Gasteiger partial charge in [0.2, 0.25) is 0 Å². The molecule has 0 unspecified atom stereocenters. The molecular formula is C14H18O4S. The molecule has 1 saturated carbocycles. The van der Waals surface area contributed by atoms with Crippen molar-refractivity contribution >= 4 is 10.1 Å². The van der Waals surface area contributed by atoms with Gasteiger partial charge in [0.1, 0.15) is 0 Å². The summed E-state index contributed by atoms with van der Waals surface area (Å²) >= 11 is 0. The Labute approximate surface area is 113 Å². The van der Waals surface area contributed by atoms with Crippen LogP contribution < -0.4 is 0 Å². The van der Waals surface area contributed by atoms with Crippen LogP contribution >= 0.6 is 0 Å². The monoisotopic (exact) mass is 282 g/mol. The maximum Gasteiger partial charge on any atom is 0.297 e. The summed E-state index contributed by atoms with van der Waals surface area (Å²) in [5, 5.41) is 0. The lowest BCUT2D eigenvalue weighted by molar-refractivity contribution is -0.0458. The summed E-state index contributed by atoms with van der Waals surface area (Å²) in [5.74, 6) is 0. The van der Waals surface area contributed by atoms with E-state index in [1.807, 2.05) is 6.92 Å². The first kappa shape index (κ1) is 13.1. The van der Waals surface area contributed by atoms with Gasteiger partial charge in [0.25, 0.3) is 10.1 Å². The van der Waals surface area contributed by atoms with Crippen molar-refractivity contribution in [3.8, 4) is 0 Å². The van der Waals surface area contributed by atoms with Crippen LogP contribution in [-0.2, 0) is 19.0 Å². The van der Waals surface area contributed by atoms with Crippen molar-refractivity contribution in [3.63, 3.8) is 0 Å². The number of hydrogen-bond acceptors (Lipinski definition) is 4. The molecule has 0 amide bonds. The molecule has 2 saturated heterocycles. The van der Waals surface area contributed by atoms with E-state index in [1.54, 1.807) is 24.3 Å². The Hall–Kier alpha value is -0.910. The average molecular weight is 282 g/mol. The second kappa shape index (κ2) is 4.04. The van der Waals surface area contributed by atoms with E-state index in [1.165, 1.54) is 0 Å². The van der Waals surface area contributed by atoms with Crippen LogP contribution in [0.5, 0.6) is 0 Å². The Morgan fingerprint density at radius 1 is 1.26 bits per heavy atom. The normalized spacial score (nSPS) is 33.2. The molecule has 4 nitrogen and oxygen atoms in total. The predicted molar refractivity (Wildman–Crippen MR) is 70.3 cm³/mol. The highest BCUT2D eigenvalue weighted by Crippen LogP contribution is 2.57. The number of aryl methyl sites for hydroxylation is 1. The van der Waals surface area contributed by atoms with Gasteiger partial charge in [-0.15, -0.1) is 0 Å². The van der Waals surface area contributed by atoms with Crippen molar-refractivity contribution in [2.24, 2.45) is 5.41 Å². The van der Waals surface area contributed by atoms with Crippen LogP contribution in [0.2, 0.25) is 0 Å². The van der Waals surface area contributed by atoms with Crippen molar-refractivity contribution in [1.82, 2.24) is 0 Å². The van der Waals surface area contributed by atoms with Gasteiger partial charge in [0, 0.05) is 0 Å². The van der Waals surface area contributed by atoms with Crippen LogP contribution in [0.25, 0.3) is 0 Å². The third kappa shape index (κ3) is 2.30. The lowest BCUT2D eigenvalue weighted by atomic mass is 9.64. The van der Waals surface area contributed by atoms with Gasteiger partial charge in [-0.1, -0.05) is 24.6 Å². The molecule has 0 radical (unpaired) electrons. The fraction of sp³-hybridized carbons (Fsp3) is 0.571. The Morgan fingerprint density at radius 3 is 2.42 bits per heavy atom. The molecule has 1 aromatic rings. The SMILES string of the molecule is Cc1ccc(S(=O)(=O)OCC23CC(C)(CO2)C3)cc1. The van der Waals surface area contributed by atoms with Gasteiger partial charge in [0.15, 0.2) is 0 Å². The van der Waals surface area contributed by atoms with E-state index in [9.17, 15) is 8.42 Å². The molecule has 19 heavy (non-hydrogen) atoms. The van der Waals surface area contributed by atoms with E-state index in [-0.39, 0.29) is 22.5 Å². The minimum atomic E-state index is -3.68. The molecule has 0 aromatic heterocycles. The lowest BCUT2D eigenvalue weighted by Crippen LogP contribution is -2.46. The molecule has 0 spiro atoms. The number of rotatable bonds is 4. The van der Waals surface area contributed by atoms with Crippen molar-refractivity contribution in [2.75, 3.05) is 13.2 Å². The summed E-state index contributed by atoms with van der Waals surface area (Å²) in [4.78, 5) is 0.203. The Bertz CT molecular complexity index is 582.